The Labute approximate surface area is 495 Å². The van der Waals surface area contributed by atoms with E-state index >= 15 is 0 Å². The predicted molar refractivity (Wildman–Crippen MR) is 302 cm³/mol. The summed E-state index contributed by atoms with van der Waals surface area (Å²) in [5, 5.41) is 55.2. The summed E-state index contributed by atoms with van der Waals surface area (Å²) in [6.07, 6.45) is -2.55. The molecule has 30 nitrogen and oxygen atoms in total. The van der Waals surface area contributed by atoms with Crippen LogP contribution in [0.5, 0.6) is 5.75 Å². The lowest BCUT2D eigenvalue weighted by Gasteiger charge is -2.33. The summed E-state index contributed by atoms with van der Waals surface area (Å²) in [5.74, 6) is -15.9. The SMILES string of the molecule is CC[C@H](C)[C@H](NC(=O)[C@H](CCC(=O)O)NC(=O)[C@H](CCC(=O)O)NC(=O)/C=C\c1ccccc1)C(=O)N1CCC[C@H]1C(=O)N[C@@H](CCC(=O)O)C(=O)N[C@@H](CCC(=O)O)C(=O)N[C@@H](Cc1ccc(OS(=O)(=O)O)cc1)C(=O)N[C@@H](CC(C)C)C(N)=O. The molecular formula is C55H75N9O21S. The first-order chi connectivity index (χ1) is 40.4. The number of carbonyl (C=O) groups excluding carboxylic acids is 9. The smallest absolute Gasteiger partial charge is 0.446 e. The molecule has 86 heavy (non-hydrogen) atoms. The van der Waals surface area contributed by atoms with Crippen molar-refractivity contribution in [1.82, 2.24) is 42.1 Å². The van der Waals surface area contributed by atoms with Gasteiger partial charge < -0.3 is 72.5 Å². The number of nitrogens with zero attached hydrogens (tertiary/aromatic N) is 1. The summed E-state index contributed by atoms with van der Waals surface area (Å²) in [7, 11) is -4.93. The minimum absolute atomic E-state index is 0.0372. The first-order valence-corrected chi connectivity index (χ1v) is 28.8. The van der Waals surface area contributed by atoms with Crippen molar-refractivity contribution in [1.29, 1.82) is 0 Å². The van der Waals surface area contributed by atoms with Crippen LogP contribution in [0.2, 0.25) is 0 Å². The fourth-order valence-corrected chi connectivity index (χ4v) is 9.20. The van der Waals surface area contributed by atoms with Gasteiger partial charge in [0.2, 0.25) is 53.2 Å². The van der Waals surface area contributed by atoms with Gasteiger partial charge in [0.25, 0.3) is 0 Å². The van der Waals surface area contributed by atoms with E-state index in [1.807, 2.05) is 0 Å². The molecule has 0 aliphatic carbocycles. The summed E-state index contributed by atoms with van der Waals surface area (Å²) < 4.78 is 36.0. The van der Waals surface area contributed by atoms with E-state index in [1.165, 1.54) is 18.2 Å². The Morgan fingerprint density at radius 3 is 1.51 bits per heavy atom. The average Bonchev–Trinajstić information content (AvgIpc) is 2.87. The van der Waals surface area contributed by atoms with Gasteiger partial charge in [0.1, 0.15) is 54.1 Å². The number of nitrogens with one attached hydrogen (secondary N) is 7. The fourth-order valence-electron chi connectivity index (χ4n) is 8.84. The monoisotopic (exact) mass is 1230 g/mol. The number of hydrogen-bond donors (Lipinski definition) is 13. The highest BCUT2D eigenvalue weighted by atomic mass is 32.3. The third-order valence-corrected chi connectivity index (χ3v) is 13.9. The van der Waals surface area contributed by atoms with E-state index in [0.717, 1.165) is 23.1 Å². The number of carboxylic acid groups (broad SMARTS) is 4. The highest BCUT2D eigenvalue weighted by Gasteiger charge is 2.42. The number of rotatable bonds is 37. The van der Waals surface area contributed by atoms with Crippen LogP contribution in [-0.2, 0) is 79.1 Å². The van der Waals surface area contributed by atoms with Crippen molar-refractivity contribution in [3.8, 4) is 5.75 Å². The van der Waals surface area contributed by atoms with Gasteiger partial charge >= 0.3 is 34.3 Å². The Balaban J connectivity index is 1.92. The van der Waals surface area contributed by atoms with Crippen LogP contribution in [-0.4, -0.2) is 170 Å². The molecule has 1 heterocycles. The molecule has 9 atom stereocenters. The molecule has 0 aromatic heterocycles. The number of primary amides is 1. The minimum atomic E-state index is -4.93. The van der Waals surface area contributed by atoms with E-state index in [9.17, 15) is 91.2 Å². The molecule has 0 radical (unpaired) electrons. The molecule has 2 aromatic rings. The third-order valence-electron chi connectivity index (χ3n) is 13.5. The van der Waals surface area contributed by atoms with E-state index in [4.69, 9.17) is 10.3 Å². The molecule has 1 saturated heterocycles. The van der Waals surface area contributed by atoms with Crippen LogP contribution in [0.15, 0.2) is 60.7 Å². The molecule has 0 saturated carbocycles. The van der Waals surface area contributed by atoms with Crippen molar-refractivity contribution in [2.45, 2.75) is 160 Å². The maximum absolute atomic E-state index is 14.6. The van der Waals surface area contributed by atoms with Gasteiger partial charge in [-0.05, 0) is 86.1 Å². The predicted octanol–water partition coefficient (Wildman–Crippen LogP) is -0.455. The average molecular weight is 1230 g/mol. The maximum Gasteiger partial charge on any atom is 0.446 e. The quantitative estimate of drug-likeness (QED) is 0.0301. The molecule has 0 unspecified atom stereocenters. The summed E-state index contributed by atoms with van der Waals surface area (Å²) in [6, 6.07) is 0.696. The second-order valence-electron chi connectivity index (χ2n) is 20.8. The molecule has 0 bridgehead atoms. The summed E-state index contributed by atoms with van der Waals surface area (Å²) >= 11 is 0. The lowest BCUT2D eigenvalue weighted by atomic mass is 9.96. The first kappa shape index (κ1) is 71.3. The molecule has 1 aliphatic heterocycles. The minimum Gasteiger partial charge on any atom is -0.481 e. The van der Waals surface area contributed by atoms with Gasteiger partial charge in [-0.3, -0.25) is 66.9 Å². The normalized spacial score (nSPS) is 15.9. The van der Waals surface area contributed by atoms with Gasteiger partial charge in [-0.2, -0.15) is 8.42 Å². The van der Waals surface area contributed by atoms with Crippen LogP contribution < -0.4 is 47.1 Å². The lowest BCUT2D eigenvalue weighted by Crippen LogP contribution is -2.61. The first-order valence-electron chi connectivity index (χ1n) is 27.5. The van der Waals surface area contributed by atoms with Gasteiger partial charge in [-0.15, -0.1) is 0 Å². The van der Waals surface area contributed by atoms with Crippen LogP contribution in [0.3, 0.4) is 0 Å². The Morgan fingerprint density at radius 2 is 1.06 bits per heavy atom. The standard InChI is InChI=1S/C55H75N9O21S/c1-5-31(4)47(63-52(78)38(21-26-46(72)73)59-49(75)35(18-23-43(66)67)57-42(65)22-15-32-10-7-6-8-11-32)55(81)64-27-9-12-41(64)54(80)60-37(20-25-45(70)71)50(76)58-36(19-24-44(68)69)51(77)62-40(53(79)61-39(48(56)74)28-30(2)3)29-33-13-16-34(17-14-33)85-86(82,83)84/h6-8,10-11,13-17,22,30-31,35-41,47H,5,9,12,18-21,23-29H2,1-4H3,(H2,56,74)(H,57,65)(H,58,76)(H,59,75)(H,60,80)(H,61,79)(H,62,77)(H,63,78)(H,66,67)(H,68,69)(H,70,71)(H,72,73)(H,82,83,84)/b22-15-/t31-,35-,36-,37-,38-,39-,40-,41-,47-/m0/s1. The number of likely N-dealkylation sites (tertiary alicyclic amines) is 1. The van der Waals surface area contributed by atoms with Gasteiger partial charge in [-0.1, -0.05) is 76.6 Å². The van der Waals surface area contributed by atoms with Crippen LogP contribution in [0.25, 0.3) is 6.08 Å². The zero-order valence-corrected chi connectivity index (χ0v) is 48.5. The molecule has 31 heteroatoms. The molecular weight excluding hydrogens is 1150 g/mol. The second kappa shape index (κ2) is 34.7. The van der Waals surface area contributed by atoms with E-state index in [1.54, 1.807) is 58.0 Å². The van der Waals surface area contributed by atoms with Gasteiger partial charge in [-0.25, -0.2) is 0 Å². The Bertz CT molecular complexity index is 2910. The fraction of sp³-hybridized carbons (Fsp3) is 0.509. The number of carbonyl (C=O) groups is 13. The summed E-state index contributed by atoms with van der Waals surface area (Å²) in [4.78, 5) is 172. The van der Waals surface area contributed by atoms with Crippen molar-refractivity contribution in [3.05, 3.63) is 71.8 Å². The zero-order valence-electron chi connectivity index (χ0n) is 47.7. The van der Waals surface area contributed by atoms with Gasteiger partial charge in [0.05, 0.1) is 0 Å². The van der Waals surface area contributed by atoms with Crippen LogP contribution in [0.4, 0.5) is 0 Å². The summed E-state index contributed by atoms with van der Waals surface area (Å²) in [5.41, 5.74) is 6.40. The Kier molecular flexibility index (Phi) is 28.8. The van der Waals surface area contributed by atoms with Crippen molar-refractivity contribution in [2.24, 2.45) is 17.6 Å². The van der Waals surface area contributed by atoms with Crippen molar-refractivity contribution < 1.29 is 99.9 Å². The van der Waals surface area contributed by atoms with Crippen molar-refractivity contribution in [3.63, 3.8) is 0 Å². The Morgan fingerprint density at radius 1 is 0.616 bits per heavy atom. The highest BCUT2D eigenvalue weighted by Crippen LogP contribution is 2.23. The van der Waals surface area contributed by atoms with Crippen LogP contribution in [0.1, 0.15) is 116 Å². The largest absolute Gasteiger partial charge is 0.481 e. The van der Waals surface area contributed by atoms with Gasteiger partial charge in [0.15, 0.2) is 0 Å². The van der Waals surface area contributed by atoms with E-state index in [-0.39, 0.29) is 49.5 Å². The summed E-state index contributed by atoms with van der Waals surface area (Å²) in [6.45, 7) is 6.61. The number of nitrogens with two attached hydrogens (primary N) is 1. The zero-order chi connectivity index (χ0) is 64.4. The van der Waals surface area contributed by atoms with Crippen LogP contribution >= 0.6 is 0 Å². The van der Waals surface area contributed by atoms with Crippen molar-refractivity contribution in [2.75, 3.05) is 6.54 Å². The molecule has 14 N–H and O–H groups in total. The maximum atomic E-state index is 14.6. The van der Waals surface area contributed by atoms with Crippen molar-refractivity contribution >= 4 is 93.5 Å². The van der Waals surface area contributed by atoms with Crippen LogP contribution in [0, 0.1) is 11.8 Å². The lowest BCUT2D eigenvalue weighted by molar-refractivity contribution is -0.144. The number of hydrogen-bond acceptors (Lipinski definition) is 16. The van der Waals surface area contributed by atoms with E-state index in [0.29, 0.717) is 5.56 Å². The van der Waals surface area contributed by atoms with Gasteiger partial charge in [0, 0.05) is 44.7 Å². The second-order valence-corrected chi connectivity index (χ2v) is 21.8. The molecule has 2 aromatic carbocycles. The number of aliphatic carboxylic acids is 4. The number of benzene rings is 2. The number of amides is 9. The third kappa shape index (κ3) is 25.5. The highest BCUT2D eigenvalue weighted by molar-refractivity contribution is 7.81. The number of carboxylic acids is 4. The van der Waals surface area contributed by atoms with E-state index in [2.05, 4.69) is 41.4 Å². The Hall–Kier alpha value is -9.00. The molecule has 9 amide bonds. The topological polar surface area (TPSA) is 480 Å². The molecule has 1 aliphatic rings. The molecule has 1 fully saturated rings. The molecule has 472 valence electrons. The molecule has 3 rings (SSSR count). The van der Waals surface area contributed by atoms with E-state index < -0.39 is 199 Å². The molecule has 0 spiro atoms.